The minimum Gasteiger partial charge on any atom is -0.478 e. The second-order valence-corrected chi connectivity index (χ2v) is 11.6. The Bertz CT molecular complexity index is 1570. The molecule has 3 aromatic carbocycles. The van der Waals surface area contributed by atoms with Crippen LogP contribution in [0.3, 0.4) is 0 Å². The summed E-state index contributed by atoms with van der Waals surface area (Å²) in [5, 5.41) is 25.1. The number of alkyl halides is 4. The fourth-order valence-corrected chi connectivity index (χ4v) is 4.45. The van der Waals surface area contributed by atoms with Crippen LogP contribution < -0.4 is 31.9 Å². The van der Waals surface area contributed by atoms with Crippen LogP contribution in [0.2, 0.25) is 0 Å². The monoisotopic (exact) mass is 900 g/mol. The Hall–Kier alpha value is -4.13. The topological polar surface area (TPSA) is 212 Å². The summed E-state index contributed by atoms with van der Waals surface area (Å²) < 4.78 is 0. The van der Waals surface area contributed by atoms with Crippen molar-refractivity contribution >= 4 is 139 Å². The number of anilines is 6. The van der Waals surface area contributed by atoms with E-state index in [9.17, 15) is 38.7 Å². The van der Waals surface area contributed by atoms with Crippen LogP contribution in [-0.2, 0) is 19.2 Å². The molecular weight excluding hydrogens is 880 g/mol. The fraction of sp³-hybridized carbons (Fsp3) is 0.138. The number of carbonyl (C=O) groups excluding carboxylic acids is 6. The first-order chi connectivity index (χ1) is 22.3. The Morgan fingerprint density at radius 3 is 0.872 bits per heavy atom. The molecule has 6 amide bonds. The van der Waals surface area contributed by atoms with E-state index in [-0.39, 0.29) is 72.1 Å². The summed E-state index contributed by atoms with van der Waals surface area (Å²) in [5.74, 6) is -4.46. The van der Waals surface area contributed by atoms with E-state index < -0.39 is 41.4 Å². The number of hydrogen-bond acceptors (Lipinski definition) is 7. The van der Waals surface area contributed by atoms with Gasteiger partial charge in [0.15, 0.2) is 0 Å². The van der Waals surface area contributed by atoms with Crippen LogP contribution in [0.1, 0.15) is 31.1 Å². The molecule has 14 nitrogen and oxygen atoms in total. The zero-order valence-corrected chi connectivity index (χ0v) is 30.2. The van der Waals surface area contributed by atoms with E-state index in [4.69, 9.17) is 0 Å². The predicted octanol–water partition coefficient (Wildman–Crippen LogP) is 5.22. The van der Waals surface area contributed by atoms with Crippen LogP contribution in [0.25, 0.3) is 0 Å². The molecule has 7 N–H and O–H groups in total. The van der Waals surface area contributed by atoms with Gasteiger partial charge in [-0.1, -0.05) is 63.7 Å². The third-order valence-electron chi connectivity index (χ3n) is 5.71. The lowest BCUT2D eigenvalue weighted by atomic mass is 10.1. The number of aromatic carboxylic acids is 1. The number of benzene rings is 3. The van der Waals surface area contributed by atoms with Gasteiger partial charge in [0.2, 0.25) is 23.6 Å². The molecule has 0 aliphatic rings. The lowest BCUT2D eigenvalue weighted by molar-refractivity contribution is -0.114. The zero-order valence-electron chi connectivity index (χ0n) is 23.8. The van der Waals surface area contributed by atoms with Gasteiger partial charge in [-0.15, -0.1) is 0 Å². The van der Waals surface area contributed by atoms with Gasteiger partial charge in [-0.3, -0.25) is 28.8 Å². The number of amides is 6. The second kappa shape index (κ2) is 17.7. The molecule has 0 aliphatic heterocycles. The highest BCUT2D eigenvalue weighted by Gasteiger charge is 2.17. The highest BCUT2D eigenvalue weighted by atomic mass is 79.9. The fourth-order valence-electron chi connectivity index (χ4n) is 3.89. The van der Waals surface area contributed by atoms with Gasteiger partial charge < -0.3 is 37.0 Å². The third-order valence-corrected chi connectivity index (χ3v) is 7.74. The molecule has 0 atom stereocenters. The summed E-state index contributed by atoms with van der Waals surface area (Å²) in [6, 6.07) is 12.0. The molecule has 0 saturated heterocycles. The molecule has 0 radical (unpaired) electrons. The van der Waals surface area contributed by atoms with Crippen LogP contribution in [0.5, 0.6) is 0 Å². The SMILES string of the molecule is O=C(CBr)Nc1cc(NC(=O)CBr)cc(C(=O)Nc2cc(NC(=O)c3cc(NC(=O)CBr)cc(NC(=O)CBr)c3)cc(C(=O)O)c2)c1. The molecule has 0 saturated carbocycles. The van der Waals surface area contributed by atoms with Crippen molar-refractivity contribution < 1.29 is 38.7 Å². The summed E-state index contributed by atoms with van der Waals surface area (Å²) in [6.45, 7) is 0. The normalized spacial score (nSPS) is 10.3. The lowest BCUT2D eigenvalue weighted by Gasteiger charge is -2.14. The number of carboxylic acids is 1. The summed E-state index contributed by atoms with van der Waals surface area (Å²) in [7, 11) is 0. The quantitative estimate of drug-likeness (QED) is 0.113. The molecule has 47 heavy (non-hydrogen) atoms. The number of carbonyl (C=O) groups is 7. The molecule has 0 bridgehead atoms. The highest BCUT2D eigenvalue weighted by Crippen LogP contribution is 2.25. The van der Waals surface area contributed by atoms with Crippen LogP contribution in [0.15, 0.2) is 54.6 Å². The number of nitrogens with one attached hydrogen (secondary N) is 6. The number of hydrogen-bond donors (Lipinski definition) is 7. The van der Waals surface area contributed by atoms with Crippen molar-refractivity contribution in [1.29, 1.82) is 0 Å². The molecule has 0 aromatic heterocycles. The van der Waals surface area contributed by atoms with Gasteiger partial charge in [-0.2, -0.15) is 0 Å². The summed E-state index contributed by atoms with van der Waals surface area (Å²) in [6.07, 6.45) is 0. The average Bonchev–Trinajstić information content (AvgIpc) is 3.03. The Labute approximate surface area is 300 Å². The van der Waals surface area contributed by atoms with Gasteiger partial charge in [-0.05, 0) is 54.6 Å². The smallest absolute Gasteiger partial charge is 0.335 e. The molecule has 0 heterocycles. The summed E-state index contributed by atoms with van der Waals surface area (Å²) in [4.78, 5) is 86.3. The van der Waals surface area contributed by atoms with Crippen LogP contribution >= 0.6 is 63.7 Å². The van der Waals surface area contributed by atoms with Crippen LogP contribution in [-0.4, -0.2) is 67.8 Å². The number of halogens is 4. The molecule has 18 heteroatoms. The molecular formula is C29H24Br4N6O8. The maximum absolute atomic E-state index is 13.3. The minimum absolute atomic E-state index is 0.00486. The van der Waals surface area contributed by atoms with Crippen LogP contribution in [0, 0.1) is 0 Å². The molecule has 0 unspecified atom stereocenters. The van der Waals surface area contributed by atoms with E-state index in [1.54, 1.807) is 0 Å². The van der Waals surface area contributed by atoms with Gasteiger partial charge in [0.05, 0.1) is 26.9 Å². The van der Waals surface area contributed by atoms with Crippen LogP contribution in [0.4, 0.5) is 34.1 Å². The van der Waals surface area contributed by atoms with Crippen molar-refractivity contribution in [1.82, 2.24) is 0 Å². The molecule has 3 rings (SSSR count). The lowest BCUT2D eigenvalue weighted by Crippen LogP contribution is -2.18. The van der Waals surface area contributed by atoms with Gasteiger partial charge in [0.1, 0.15) is 0 Å². The van der Waals surface area contributed by atoms with Gasteiger partial charge in [-0.25, -0.2) is 4.79 Å². The van der Waals surface area contributed by atoms with Crippen molar-refractivity contribution in [2.45, 2.75) is 0 Å². The maximum Gasteiger partial charge on any atom is 0.335 e. The largest absolute Gasteiger partial charge is 0.478 e. The maximum atomic E-state index is 13.3. The molecule has 0 spiro atoms. The number of carboxylic acid groups (broad SMARTS) is 1. The first-order valence-corrected chi connectivity index (χ1v) is 17.6. The molecule has 0 fully saturated rings. The number of rotatable bonds is 13. The molecule has 0 aliphatic carbocycles. The highest BCUT2D eigenvalue weighted by molar-refractivity contribution is 9.10. The molecule has 3 aromatic rings. The standard InChI is InChI=1S/C29H24Br4N6O8/c30-10-23(40)34-17-1-14(2-18(7-17)35-24(41)11-31)27(44)38-21-5-16(29(46)47)6-22(9-21)39-28(45)15-3-19(36-25(42)12-32)8-20(4-15)37-26(43)13-33/h1-9H,10-13H2,(H,34,40)(H,35,41)(H,36,42)(H,37,43)(H,38,44)(H,39,45)(H,46,47). The van der Waals surface area contributed by atoms with Crippen molar-refractivity contribution in [3.8, 4) is 0 Å². The van der Waals surface area contributed by atoms with E-state index >= 15 is 0 Å². The van der Waals surface area contributed by atoms with E-state index in [0.717, 1.165) is 0 Å². The minimum atomic E-state index is -1.35. The van der Waals surface area contributed by atoms with Crippen molar-refractivity contribution in [2.24, 2.45) is 0 Å². The first-order valence-electron chi connectivity index (χ1n) is 13.1. The van der Waals surface area contributed by atoms with E-state index in [1.807, 2.05) is 0 Å². The summed E-state index contributed by atoms with van der Waals surface area (Å²) >= 11 is 12.2. The Morgan fingerprint density at radius 2 is 0.638 bits per heavy atom. The average molecular weight is 904 g/mol. The van der Waals surface area contributed by atoms with Crippen molar-refractivity contribution in [3.05, 3.63) is 71.3 Å². The van der Waals surface area contributed by atoms with Crippen molar-refractivity contribution in [3.63, 3.8) is 0 Å². The van der Waals surface area contributed by atoms with Crippen molar-refractivity contribution in [2.75, 3.05) is 53.2 Å². The Morgan fingerprint density at radius 1 is 0.404 bits per heavy atom. The Kier molecular flexibility index (Phi) is 14.1. The van der Waals surface area contributed by atoms with E-state index in [0.29, 0.717) is 0 Å². The first kappa shape index (κ1) is 37.3. The zero-order chi connectivity index (χ0) is 34.7. The predicted molar refractivity (Wildman–Crippen MR) is 192 cm³/mol. The van der Waals surface area contributed by atoms with Gasteiger partial charge in [0, 0.05) is 45.3 Å². The van der Waals surface area contributed by atoms with Gasteiger partial charge >= 0.3 is 5.97 Å². The van der Waals surface area contributed by atoms with Gasteiger partial charge in [0.25, 0.3) is 11.8 Å². The summed E-state index contributed by atoms with van der Waals surface area (Å²) in [5.41, 5.74) is 0.569. The third kappa shape index (κ3) is 11.6. The van der Waals surface area contributed by atoms with E-state index in [1.165, 1.54) is 54.6 Å². The van der Waals surface area contributed by atoms with E-state index in [2.05, 4.69) is 95.6 Å². The Balaban J connectivity index is 1.94. The second-order valence-electron chi connectivity index (χ2n) is 9.34. The molecule has 246 valence electrons.